The van der Waals surface area contributed by atoms with Crippen LogP contribution in [0, 0.1) is 6.92 Å². The van der Waals surface area contributed by atoms with Gasteiger partial charge < -0.3 is 9.15 Å². The first-order valence-electron chi connectivity index (χ1n) is 7.88. The van der Waals surface area contributed by atoms with Crippen LogP contribution in [-0.4, -0.2) is 21.8 Å². The van der Waals surface area contributed by atoms with E-state index >= 15 is 0 Å². The monoisotopic (exact) mass is 319 g/mol. The number of aryl methyl sites for hydroxylation is 1. The molecule has 2 heterocycles. The van der Waals surface area contributed by atoms with Gasteiger partial charge in [0.25, 0.3) is 0 Å². The smallest absolute Gasteiger partial charge is 0.226 e. The fraction of sp³-hybridized carbons (Fsp3) is 0.158. The van der Waals surface area contributed by atoms with Gasteiger partial charge in [0.1, 0.15) is 11.5 Å². The number of rotatable bonds is 5. The van der Waals surface area contributed by atoms with Crippen molar-refractivity contribution in [3.8, 4) is 17.2 Å². The van der Waals surface area contributed by atoms with Gasteiger partial charge in [0.05, 0.1) is 29.4 Å². The maximum Gasteiger partial charge on any atom is 0.226 e. The lowest BCUT2D eigenvalue weighted by Crippen LogP contribution is -2.03. The summed E-state index contributed by atoms with van der Waals surface area (Å²) in [5.74, 6) is 2.31. The number of nitrogens with one attached hydrogen (secondary N) is 1. The van der Waals surface area contributed by atoms with Crippen molar-refractivity contribution >= 4 is 10.9 Å². The molecule has 0 fully saturated rings. The van der Waals surface area contributed by atoms with E-state index in [9.17, 15) is 0 Å². The zero-order valence-electron chi connectivity index (χ0n) is 13.3. The minimum atomic E-state index is 0.534. The Hall–Kier alpha value is -3.08. The third-order valence-corrected chi connectivity index (χ3v) is 3.95. The second kappa shape index (κ2) is 6.20. The largest absolute Gasteiger partial charge is 0.492 e. The maximum atomic E-state index is 5.91. The minimum Gasteiger partial charge on any atom is -0.492 e. The van der Waals surface area contributed by atoms with Crippen LogP contribution in [-0.2, 0) is 6.42 Å². The molecule has 2 aromatic heterocycles. The molecule has 24 heavy (non-hydrogen) atoms. The Bertz CT molecular complexity index is 957. The van der Waals surface area contributed by atoms with Crippen molar-refractivity contribution in [2.24, 2.45) is 0 Å². The summed E-state index contributed by atoms with van der Waals surface area (Å²) in [5.41, 5.74) is 2.88. The first-order chi connectivity index (χ1) is 11.8. The second-order valence-corrected chi connectivity index (χ2v) is 5.57. The predicted octanol–water partition coefficient (Wildman–Crippen LogP) is 4.15. The minimum absolute atomic E-state index is 0.534. The Morgan fingerprint density at radius 1 is 1.08 bits per heavy atom. The molecule has 0 aliphatic heterocycles. The van der Waals surface area contributed by atoms with Gasteiger partial charge in [-0.05, 0) is 31.2 Å². The Balaban J connectivity index is 1.47. The Kier molecular flexibility index (Phi) is 3.75. The summed E-state index contributed by atoms with van der Waals surface area (Å²) in [5, 5.41) is 7.97. The van der Waals surface area contributed by atoms with Crippen molar-refractivity contribution in [2.75, 3.05) is 6.61 Å². The van der Waals surface area contributed by atoms with Gasteiger partial charge in [0.15, 0.2) is 0 Å². The average molecular weight is 319 g/mol. The molecule has 4 aromatic rings. The molecule has 120 valence electrons. The fourth-order valence-corrected chi connectivity index (χ4v) is 2.69. The molecule has 1 N–H and O–H groups in total. The van der Waals surface area contributed by atoms with Crippen LogP contribution in [0.1, 0.15) is 11.5 Å². The average Bonchev–Trinajstić information content (AvgIpc) is 3.23. The standard InChI is InChI=1S/C19H17N3O2/c1-13-16(21-19(24-13)14-6-3-2-4-7-14)10-11-23-18-9-5-8-17-15(18)12-20-22-17/h2-9,12H,10-11H2,1H3,(H,20,22). The van der Waals surface area contributed by atoms with Crippen molar-refractivity contribution < 1.29 is 9.15 Å². The van der Waals surface area contributed by atoms with Gasteiger partial charge in [-0.25, -0.2) is 4.98 Å². The SMILES string of the molecule is Cc1oc(-c2ccccc2)nc1CCOc1cccc2[nH]ncc12. The number of aromatic amines is 1. The Labute approximate surface area is 139 Å². The van der Waals surface area contributed by atoms with Gasteiger partial charge in [-0.15, -0.1) is 0 Å². The van der Waals surface area contributed by atoms with Crippen LogP contribution in [0.5, 0.6) is 5.75 Å². The number of ether oxygens (including phenoxy) is 1. The molecule has 5 nitrogen and oxygen atoms in total. The van der Waals surface area contributed by atoms with Gasteiger partial charge in [-0.1, -0.05) is 24.3 Å². The summed E-state index contributed by atoms with van der Waals surface area (Å²) in [4.78, 5) is 4.60. The molecule has 4 rings (SSSR count). The molecule has 0 spiro atoms. The van der Waals surface area contributed by atoms with Crippen LogP contribution < -0.4 is 4.74 Å². The highest BCUT2D eigenvalue weighted by Crippen LogP contribution is 2.24. The van der Waals surface area contributed by atoms with Crippen molar-refractivity contribution in [3.63, 3.8) is 0 Å². The third kappa shape index (κ3) is 2.76. The van der Waals surface area contributed by atoms with Crippen LogP contribution in [0.4, 0.5) is 0 Å². The first kappa shape index (κ1) is 14.5. The fourth-order valence-electron chi connectivity index (χ4n) is 2.69. The van der Waals surface area contributed by atoms with Gasteiger partial charge >= 0.3 is 0 Å². The molecule has 0 amide bonds. The van der Waals surface area contributed by atoms with Crippen molar-refractivity contribution in [1.82, 2.24) is 15.2 Å². The third-order valence-electron chi connectivity index (χ3n) is 3.95. The zero-order chi connectivity index (χ0) is 16.4. The Morgan fingerprint density at radius 2 is 1.96 bits per heavy atom. The second-order valence-electron chi connectivity index (χ2n) is 5.57. The molecule has 0 atom stereocenters. The predicted molar refractivity (Wildman–Crippen MR) is 92.0 cm³/mol. The zero-order valence-corrected chi connectivity index (χ0v) is 13.3. The maximum absolute atomic E-state index is 5.91. The number of aromatic nitrogens is 3. The van der Waals surface area contributed by atoms with Crippen LogP contribution in [0.15, 0.2) is 59.1 Å². The summed E-state index contributed by atoms with van der Waals surface area (Å²) < 4.78 is 11.7. The summed E-state index contributed by atoms with van der Waals surface area (Å²) in [6.45, 7) is 2.47. The Morgan fingerprint density at radius 3 is 2.83 bits per heavy atom. The number of benzene rings is 2. The van der Waals surface area contributed by atoms with E-state index in [1.807, 2.05) is 55.5 Å². The van der Waals surface area contributed by atoms with Gasteiger partial charge in [0.2, 0.25) is 5.89 Å². The molecule has 0 radical (unpaired) electrons. The van der Waals surface area contributed by atoms with E-state index < -0.39 is 0 Å². The van der Waals surface area contributed by atoms with E-state index in [0.717, 1.165) is 33.7 Å². The normalized spacial score (nSPS) is 11.0. The molecule has 0 bridgehead atoms. The number of fused-ring (bicyclic) bond motifs is 1. The molecule has 0 unspecified atom stereocenters. The van der Waals surface area contributed by atoms with E-state index in [1.54, 1.807) is 6.20 Å². The highest BCUT2D eigenvalue weighted by Gasteiger charge is 2.11. The van der Waals surface area contributed by atoms with Crippen LogP contribution in [0.2, 0.25) is 0 Å². The molecular formula is C19H17N3O2. The summed E-state index contributed by atoms with van der Waals surface area (Å²) in [6.07, 6.45) is 2.47. The van der Waals surface area contributed by atoms with Crippen LogP contribution in [0.3, 0.4) is 0 Å². The number of hydrogen-bond acceptors (Lipinski definition) is 4. The topological polar surface area (TPSA) is 63.9 Å². The highest BCUT2D eigenvalue weighted by molar-refractivity contribution is 5.84. The first-order valence-corrected chi connectivity index (χ1v) is 7.88. The highest BCUT2D eigenvalue weighted by atomic mass is 16.5. The van der Waals surface area contributed by atoms with Gasteiger partial charge in [0, 0.05) is 12.0 Å². The molecular weight excluding hydrogens is 302 g/mol. The molecule has 5 heteroatoms. The lowest BCUT2D eigenvalue weighted by molar-refractivity contribution is 0.323. The van der Waals surface area contributed by atoms with Gasteiger partial charge in [-0.3, -0.25) is 5.10 Å². The van der Waals surface area contributed by atoms with Gasteiger partial charge in [-0.2, -0.15) is 5.10 Å². The quantitative estimate of drug-likeness (QED) is 0.600. The molecule has 0 saturated heterocycles. The van der Waals surface area contributed by atoms with E-state index in [-0.39, 0.29) is 0 Å². The van der Waals surface area contributed by atoms with E-state index in [1.165, 1.54) is 0 Å². The summed E-state index contributed by atoms with van der Waals surface area (Å²) in [6, 6.07) is 15.8. The lowest BCUT2D eigenvalue weighted by Gasteiger charge is -2.06. The molecule has 2 aromatic carbocycles. The van der Waals surface area contributed by atoms with Crippen molar-refractivity contribution in [2.45, 2.75) is 13.3 Å². The van der Waals surface area contributed by atoms with E-state index in [2.05, 4.69) is 15.2 Å². The summed E-state index contributed by atoms with van der Waals surface area (Å²) in [7, 11) is 0. The number of H-pyrrole nitrogens is 1. The number of oxazole rings is 1. The summed E-state index contributed by atoms with van der Waals surface area (Å²) >= 11 is 0. The van der Waals surface area contributed by atoms with Crippen LogP contribution in [0.25, 0.3) is 22.4 Å². The number of nitrogens with zero attached hydrogens (tertiary/aromatic N) is 2. The van der Waals surface area contributed by atoms with Crippen molar-refractivity contribution in [1.29, 1.82) is 0 Å². The van der Waals surface area contributed by atoms with E-state index in [4.69, 9.17) is 9.15 Å². The molecule has 0 saturated carbocycles. The van der Waals surface area contributed by atoms with Crippen molar-refractivity contribution in [3.05, 3.63) is 66.2 Å². The van der Waals surface area contributed by atoms with Crippen LogP contribution >= 0.6 is 0 Å². The van der Waals surface area contributed by atoms with E-state index in [0.29, 0.717) is 18.9 Å². The number of hydrogen-bond donors (Lipinski definition) is 1. The lowest BCUT2D eigenvalue weighted by atomic mass is 10.2. The molecule has 0 aliphatic rings. The molecule has 0 aliphatic carbocycles.